The smallest absolute Gasteiger partial charge is 0.227 e. The average molecular weight is 621 g/mol. The Hall–Kier alpha value is -6.60. The second-order valence-electron chi connectivity index (χ2n) is 11.3. The molecule has 0 radical (unpaired) electrons. The summed E-state index contributed by atoms with van der Waals surface area (Å²) < 4.78 is 6.23. The normalized spacial score (nSPS) is 12.0. The lowest BCUT2D eigenvalue weighted by Gasteiger charge is -2.12. The average Bonchev–Trinajstić information content (AvgIpc) is 3.54. The van der Waals surface area contributed by atoms with Gasteiger partial charge in [0, 0.05) is 45.2 Å². The van der Waals surface area contributed by atoms with E-state index in [4.69, 9.17) is 29.3 Å². The van der Waals surface area contributed by atoms with Gasteiger partial charge in [-0.2, -0.15) is 0 Å². The van der Waals surface area contributed by atoms with Crippen molar-refractivity contribution in [1.82, 2.24) is 29.9 Å². The van der Waals surface area contributed by atoms with Gasteiger partial charge in [-0.3, -0.25) is 4.98 Å². The maximum absolute atomic E-state index is 6.23. The molecule has 0 saturated carbocycles. The molecule has 0 fully saturated rings. The molecule has 0 amide bonds. The molecule has 5 aromatic heterocycles. The molecule has 0 spiro atoms. The summed E-state index contributed by atoms with van der Waals surface area (Å²) in [7, 11) is 0. The monoisotopic (exact) mass is 620 g/mol. The van der Waals surface area contributed by atoms with Crippen LogP contribution in [0.5, 0.6) is 0 Å². The molecule has 0 bridgehead atoms. The van der Waals surface area contributed by atoms with Crippen LogP contribution in [0, 0.1) is 0 Å². The van der Waals surface area contributed by atoms with E-state index in [0.29, 0.717) is 40.2 Å². The van der Waals surface area contributed by atoms with Crippen LogP contribution < -0.4 is 0 Å². The van der Waals surface area contributed by atoms with Crippen LogP contribution >= 0.6 is 0 Å². The Balaban J connectivity index is 1.29. The third-order valence-electron chi connectivity index (χ3n) is 8.16. The highest BCUT2D eigenvalue weighted by Gasteiger charge is 2.18. The number of furan rings is 1. The van der Waals surface area contributed by atoms with E-state index in [1.165, 1.54) is 0 Å². The van der Waals surface area contributed by atoms with E-state index in [2.05, 4.69) is 41.9 Å². The van der Waals surface area contributed by atoms with Crippen molar-refractivity contribution in [3.63, 3.8) is 0 Å². The zero-order chi connectivity index (χ0) is 32.5. The fraction of sp³-hybridized carbons (Fsp3) is 0.0244. The first kappa shape index (κ1) is 28.8. The van der Waals surface area contributed by atoms with E-state index in [-0.39, 0.29) is 0 Å². The van der Waals surface area contributed by atoms with Gasteiger partial charge in [-0.25, -0.2) is 24.9 Å². The lowest BCUT2D eigenvalue weighted by molar-refractivity contribution is 0.653. The SMILES string of the molecule is C=C/C=C\C=C(/C)c1nc(-c2ccccc2)nc(-c2cccc(-c3nc(-c4nccc5c4oc4ncccc45)cc4ccccc34)c2)n1. The van der Waals surface area contributed by atoms with Gasteiger partial charge in [0.1, 0.15) is 5.69 Å². The summed E-state index contributed by atoms with van der Waals surface area (Å²) in [5.41, 5.74) is 7.02. The van der Waals surface area contributed by atoms with Crippen LogP contribution in [0.1, 0.15) is 12.7 Å². The third kappa shape index (κ3) is 5.33. The van der Waals surface area contributed by atoms with Crippen molar-refractivity contribution in [1.29, 1.82) is 0 Å². The van der Waals surface area contributed by atoms with Gasteiger partial charge >= 0.3 is 0 Å². The molecule has 0 saturated heterocycles. The zero-order valence-corrected chi connectivity index (χ0v) is 26.1. The molecule has 5 heterocycles. The largest absolute Gasteiger partial charge is 0.435 e. The standard InChI is InChI=1S/C41H28N6O/c1-3-4-6-13-26(2)38-45-39(27-14-7-5-8-15-27)47-40(46-38)30-18-11-17-29(24-30)35-31-19-10-9-16-28(31)25-34(44-35)36-37-32(21-23-42-36)33-20-12-22-43-41(33)48-37/h3-25H,1H2,2H3/b6-4-,26-13+. The first-order valence-corrected chi connectivity index (χ1v) is 15.6. The number of allylic oxidation sites excluding steroid dienone is 5. The van der Waals surface area contributed by atoms with Crippen LogP contribution in [0.2, 0.25) is 0 Å². The molecule has 228 valence electrons. The summed E-state index contributed by atoms with van der Waals surface area (Å²) in [6.45, 7) is 5.75. The Kier molecular flexibility index (Phi) is 7.39. The summed E-state index contributed by atoms with van der Waals surface area (Å²) in [6, 6.07) is 34.3. The highest BCUT2D eigenvalue weighted by atomic mass is 16.3. The van der Waals surface area contributed by atoms with Gasteiger partial charge < -0.3 is 4.42 Å². The Labute approximate surface area is 276 Å². The minimum Gasteiger partial charge on any atom is -0.435 e. The van der Waals surface area contributed by atoms with Crippen LogP contribution in [0.4, 0.5) is 0 Å². The van der Waals surface area contributed by atoms with E-state index in [9.17, 15) is 0 Å². The van der Waals surface area contributed by atoms with Crippen molar-refractivity contribution >= 4 is 38.4 Å². The number of aromatic nitrogens is 6. The molecular formula is C41H28N6O. The molecule has 0 N–H and O–H groups in total. The summed E-state index contributed by atoms with van der Waals surface area (Å²) in [5, 5.41) is 3.95. The molecular weight excluding hydrogens is 592 g/mol. The topological polar surface area (TPSA) is 90.5 Å². The summed E-state index contributed by atoms with van der Waals surface area (Å²) >= 11 is 0. The number of hydrogen-bond donors (Lipinski definition) is 0. The van der Waals surface area contributed by atoms with Gasteiger partial charge in [-0.1, -0.05) is 104 Å². The van der Waals surface area contributed by atoms with Crippen molar-refractivity contribution in [3.8, 4) is 45.4 Å². The molecule has 8 aromatic rings. The molecule has 8 rings (SSSR count). The fourth-order valence-electron chi connectivity index (χ4n) is 5.82. The molecule has 7 heteroatoms. The molecule has 3 aromatic carbocycles. The van der Waals surface area contributed by atoms with Crippen LogP contribution in [-0.4, -0.2) is 29.9 Å². The number of benzene rings is 3. The van der Waals surface area contributed by atoms with Gasteiger partial charge in [-0.15, -0.1) is 0 Å². The van der Waals surface area contributed by atoms with Crippen LogP contribution in [-0.2, 0) is 0 Å². The molecule has 0 aliphatic rings. The van der Waals surface area contributed by atoms with E-state index >= 15 is 0 Å². The van der Waals surface area contributed by atoms with Crippen molar-refractivity contribution in [2.24, 2.45) is 0 Å². The van der Waals surface area contributed by atoms with Crippen LogP contribution in [0.15, 0.2) is 151 Å². The van der Waals surface area contributed by atoms with Gasteiger partial charge in [0.05, 0.1) is 11.4 Å². The Bertz CT molecular complexity index is 2550. The van der Waals surface area contributed by atoms with E-state index in [0.717, 1.165) is 49.5 Å². The second-order valence-corrected chi connectivity index (χ2v) is 11.3. The number of fused-ring (bicyclic) bond motifs is 4. The molecule has 48 heavy (non-hydrogen) atoms. The number of pyridine rings is 3. The Morgan fingerprint density at radius 3 is 2.27 bits per heavy atom. The van der Waals surface area contributed by atoms with E-state index < -0.39 is 0 Å². The third-order valence-corrected chi connectivity index (χ3v) is 8.16. The van der Waals surface area contributed by atoms with Crippen LogP contribution in [0.3, 0.4) is 0 Å². The summed E-state index contributed by atoms with van der Waals surface area (Å²) in [5.74, 6) is 1.78. The maximum Gasteiger partial charge on any atom is 0.227 e. The highest BCUT2D eigenvalue weighted by Crippen LogP contribution is 2.37. The van der Waals surface area contributed by atoms with Gasteiger partial charge in [-0.05, 0) is 48.2 Å². The number of rotatable bonds is 7. The highest BCUT2D eigenvalue weighted by molar-refractivity contribution is 6.08. The first-order valence-electron chi connectivity index (χ1n) is 15.6. The number of hydrogen-bond acceptors (Lipinski definition) is 7. The predicted octanol–water partition coefficient (Wildman–Crippen LogP) is 9.92. The Morgan fingerprint density at radius 1 is 0.625 bits per heavy atom. The summed E-state index contributed by atoms with van der Waals surface area (Å²) in [6.07, 6.45) is 11.0. The lowest BCUT2D eigenvalue weighted by Crippen LogP contribution is -2.02. The van der Waals surface area contributed by atoms with Gasteiger partial charge in [0.2, 0.25) is 5.71 Å². The van der Waals surface area contributed by atoms with Crippen molar-refractivity contribution in [2.45, 2.75) is 6.92 Å². The van der Waals surface area contributed by atoms with Crippen LogP contribution in [0.25, 0.3) is 83.8 Å². The quantitative estimate of drug-likeness (QED) is 0.164. The Morgan fingerprint density at radius 2 is 1.40 bits per heavy atom. The van der Waals surface area contributed by atoms with E-state index in [1.807, 2.05) is 97.9 Å². The number of nitrogens with zero attached hydrogens (tertiary/aromatic N) is 6. The molecule has 0 aliphatic carbocycles. The van der Waals surface area contributed by atoms with E-state index in [1.54, 1.807) is 18.5 Å². The van der Waals surface area contributed by atoms with Crippen molar-refractivity contribution in [3.05, 3.63) is 152 Å². The lowest BCUT2D eigenvalue weighted by atomic mass is 10.00. The zero-order valence-electron chi connectivity index (χ0n) is 26.1. The minimum atomic E-state index is 0.572. The maximum atomic E-state index is 6.23. The first-order chi connectivity index (χ1) is 23.7. The summed E-state index contributed by atoms with van der Waals surface area (Å²) in [4.78, 5) is 29.1. The molecule has 0 unspecified atom stereocenters. The second kappa shape index (κ2) is 12.3. The fourth-order valence-corrected chi connectivity index (χ4v) is 5.82. The van der Waals surface area contributed by atoms with Crippen molar-refractivity contribution < 1.29 is 4.42 Å². The van der Waals surface area contributed by atoms with Gasteiger partial charge in [0.15, 0.2) is 23.1 Å². The minimum absolute atomic E-state index is 0.572. The predicted molar refractivity (Wildman–Crippen MR) is 193 cm³/mol. The van der Waals surface area contributed by atoms with Crippen molar-refractivity contribution in [2.75, 3.05) is 0 Å². The molecule has 0 aliphatic heterocycles. The molecule has 7 nitrogen and oxygen atoms in total. The molecule has 0 atom stereocenters. The van der Waals surface area contributed by atoms with Gasteiger partial charge in [0.25, 0.3) is 0 Å².